The molecule has 28 heavy (non-hydrogen) atoms. The van der Waals surface area contributed by atoms with E-state index in [1.165, 1.54) is 45.4 Å². The van der Waals surface area contributed by atoms with Crippen molar-refractivity contribution >= 4 is 18.0 Å². The third kappa shape index (κ3) is 6.42. The SMILES string of the molecule is COc1cc(/C=C/C(=O)O[C@@H](C)C(=O)NCc2ccc(F)cc2)cc(OC)c1. The molecule has 0 bridgehead atoms. The van der Waals surface area contributed by atoms with Crippen LogP contribution in [0.1, 0.15) is 18.1 Å². The zero-order valence-corrected chi connectivity index (χ0v) is 15.9. The number of nitrogens with one attached hydrogen (secondary N) is 1. The highest BCUT2D eigenvalue weighted by molar-refractivity contribution is 5.90. The van der Waals surface area contributed by atoms with Crippen LogP contribution < -0.4 is 14.8 Å². The molecule has 1 N–H and O–H groups in total. The normalized spacial score (nSPS) is 11.7. The van der Waals surface area contributed by atoms with Crippen LogP contribution in [0, 0.1) is 5.82 Å². The van der Waals surface area contributed by atoms with Gasteiger partial charge in [0.15, 0.2) is 6.10 Å². The highest BCUT2D eigenvalue weighted by Crippen LogP contribution is 2.23. The summed E-state index contributed by atoms with van der Waals surface area (Å²) >= 11 is 0. The van der Waals surface area contributed by atoms with Crippen molar-refractivity contribution in [2.24, 2.45) is 0 Å². The van der Waals surface area contributed by atoms with Gasteiger partial charge in [-0.3, -0.25) is 4.79 Å². The molecule has 0 aliphatic rings. The van der Waals surface area contributed by atoms with Crippen molar-refractivity contribution in [3.63, 3.8) is 0 Å². The predicted molar refractivity (Wildman–Crippen MR) is 102 cm³/mol. The Labute approximate surface area is 162 Å². The molecule has 0 aromatic heterocycles. The van der Waals surface area contributed by atoms with Crippen LogP contribution >= 0.6 is 0 Å². The number of methoxy groups -OCH3 is 2. The van der Waals surface area contributed by atoms with Gasteiger partial charge in [-0.2, -0.15) is 0 Å². The van der Waals surface area contributed by atoms with Crippen LogP contribution in [-0.4, -0.2) is 32.2 Å². The number of benzene rings is 2. The first-order chi connectivity index (χ1) is 13.4. The second-order valence-corrected chi connectivity index (χ2v) is 5.90. The summed E-state index contributed by atoms with van der Waals surface area (Å²) in [4.78, 5) is 24.0. The minimum absolute atomic E-state index is 0.209. The molecule has 1 atom stereocenters. The van der Waals surface area contributed by atoms with Gasteiger partial charge in [0.2, 0.25) is 0 Å². The molecule has 0 saturated heterocycles. The third-order valence-electron chi connectivity index (χ3n) is 3.83. The highest BCUT2D eigenvalue weighted by atomic mass is 19.1. The molecule has 0 fully saturated rings. The third-order valence-corrected chi connectivity index (χ3v) is 3.83. The summed E-state index contributed by atoms with van der Waals surface area (Å²) in [7, 11) is 3.06. The highest BCUT2D eigenvalue weighted by Gasteiger charge is 2.16. The predicted octanol–water partition coefficient (Wildman–Crippen LogP) is 3.10. The van der Waals surface area contributed by atoms with Crippen LogP contribution in [0.5, 0.6) is 11.5 Å². The van der Waals surface area contributed by atoms with Crippen molar-refractivity contribution in [2.75, 3.05) is 14.2 Å². The van der Waals surface area contributed by atoms with Crippen LogP contribution in [0.2, 0.25) is 0 Å². The van der Waals surface area contributed by atoms with Gasteiger partial charge in [0.25, 0.3) is 5.91 Å². The number of rotatable bonds is 8. The number of esters is 1. The smallest absolute Gasteiger partial charge is 0.331 e. The molecular formula is C21H22FNO5. The molecule has 0 aliphatic carbocycles. The molecule has 0 heterocycles. The molecule has 0 radical (unpaired) electrons. The number of hydrogen-bond acceptors (Lipinski definition) is 5. The topological polar surface area (TPSA) is 73.9 Å². The van der Waals surface area contributed by atoms with Crippen molar-refractivity contribution in [1.29, 1.82) is 0 Å². The lowest BCUT2D eigenvalue weighted by Crippen LogP contribution is -2.35. The Morgan fingerprint density at radius 3 is 2.25 bits per heavy atom. The Morgan fingerprint density at radius 1 is 1.07 bits per heavy atom. The van der Waals surface area contributed by atoms with Gasteiger partial charge in [-0.05, 0) is 48.4 Å². The monoisotopic (exact) mass is 387 g/mol. The van der Waals surface area contributed by atoms with E-state index in [9.17, 15) is 14.0 Å². The van der Waals surface area contributed by atoms with Gasteiger partial charge in [-0.15, -0.1) is 0 Å². The lowest BCUT2D eigenvalue weighted by molar-refractivity contribution is -0.150. The van der Waals surface area contributed by atoms with Crippen LogP contribution in [0.15, 0.2) is 48.5 Å². The quantitative estimate of drug-likeness (QED) is 0.557. The van der Waals surface area contributed by atoms with Crippen LogP contribution in [-0.2, 0) is 20.9 Å². The maximum atomic E-state index is 12.9. The van der Waals surface area contributed by atoms with Gasteiger partial charge in [0, 0.05) is 18.7 Å². The van der Waals surface area contributed by atoms with E-state index < -0.39 is 18.0 Å². The largest absolute Gasteiger partial charge is 0.497 e. The van der Waals surface area contributed by atoms with Crippen LogP contribution in [0.25, 0.3) is 6.08 Å². The van der Waals surface area contributed by atoms with Gasteiger partial charge in [-0.25, -0.2) is 9.18 Å². The summed E-state index contributed by atoms with van der Waals surface area (Å²) in [5, 5.41) is 2.63. The number of hydrogen-bond donors (Lipinski definition) is 1. The molecule has 0 spiro atoms. The molecule has 0 saturated carbocycles. The van der Waals surface area contributed by atoms with E-state index in [0.29, 0.717) is 17.1 Å². The molecule has 2 aromatic carbocycles. The Bertz CT molecular complexity index is 826. The van der Waals surface area contributed by atoms with Gasteiger partial charge in [0.1, 0.15) is 17.3 Å². The molecule has 6 nitrogen and oxygen atoms in total. The average molecular weight is 387 g/mol. The Kier molecular flexibility index (Phi) is 7.56. The summed E-state index contributed by atoms with van der Waals surface area (Å²) < 4.78 is 28.3. The summed E-state index contributed by atoms with van der Waals surface area (Å²) in [6, 6.07) is 10.9. The number of ether oxygens (including phenoxy) is 3. The maximum absolute atomic E-state index is 12.9. The molecule has 2 rings (SSSR count). The van der Waals surface area contributed by atoms with E-state index in [-0.39, 0.29) is 12.4 Å². The van der Waals surface area contributed by atoms with Crippen LogP contribution in [0.4, 0.5) is 4.39 Å². The minimum Gasteiger partial charge on any atom is -0.497 e. The van der Waals surface area contributed by atoms with Gasteiger partial charge >= 0.3 is 5.97 Å². The molecule has 1 amide bonds. The van der Waals surface area contributed by atoms with E-state index in [1.807, 2.05) is 0 Å². The Balaban J connectivity index is 1.88. The molecule has 2 aromatic rings. The average Bonchev–Trinajstić information content (AvgIpc) is 2.71. The van der Waals surface area contributed by atoms with Crippen molar-refractivity contribution in [1.82, 2.24) is 5.32 Å². The minimum atomic E-state index is -0.975. The van der Waals surface area contributed by atoms with E-state index in [4.69, 9.17) is 14.2 Å². The lowest BCUT2D eigenvalue weighted by Gasteiger charge is -2.12. The number of carbonyl (C=O) groups is 2. The fraction of sp³-hybridized carbons (Fsp3) is 0.238. The zero-order chi connectivity index (χ0) is 20.5. The van der Waals surface area contributed by atoms with Crippen molar-refractivity contribution in [2.45, 2.75) is 19.6 Å². The van der Waals surface area contributed by atoms with E-state index in [0.717, 1.165) is 5.56 Å². The lowest BCUT2D eigenvalue weighted by atomic mass is 10.2. The fourth-order valence-corrected chi connectivity index (χ4v) is 2.29. The van der Waals surface area contributed by atoms with Gasteiger partial charge < -0.3 is 19.5 Å². The van der Waals surface area contributed by atoms with E-state index in [1.54, 1.807) is 30.3 Å². The van der Waals surface area contributed by atoms with E-state index in [2.05, 4.69) is 5.32 Å². The van der Waals surface area contributed by atoms with Crippen LogP contribution in [0.3, 0.4) is 0 Å². The number of halogens is 1. The van der Waals surface area contributed by atoms with Crippen molar-refractivity contribution in [3.8, 4) is 11.5 Å². The summed E-state index contributed by atoms with van der Waals surface area (Å²) in [6.45, 7) is 1.68. The molecule has 0 unspecified atom stereocenters. The summed E-state index contributed by atoms with van der Waals surface area (Å²) in [5.41, 5.74) is 1.42. The maximum Gasteiger partial charge on any atom is 0.331 e. The van der Waals surface area contributed by atoms with Gasteiger partial charge in [0.05, 0.1) is 14.2 Å². The fourth-order valence-electron chi connectivity index (χ4n) is 2.29. The van der Waals surface area contributed by atoms with Gasteiger partial charge in [-0.1, -0.05) is 12.1 Å². The second-order valence-electron chi connectivity index (χ2n) is 5.90. The van der Waals surface area contributed by atoms with Crippen molar-refractivity contribution < 1.29 is 28.2 Å². The molecule has 7 heteroatoms. The first-order valence-electron chi connectivity index (χ1n) is 8.55. The summed E-state index contributed by atoms with van der Waals surface area (Å²) in [6.07, 6.45) is 1.78. The first kappa shape index (κ1) is 21.0. The molecule has 148 valence electrons. The molecule has 0 aliphatic heterocycles. The molecular weight excluding hydrogens is 365 g/mol. The standard InChI is InChI=1S/C21H22FNO5/c1-14(21(25)23-13-15-4-7-17(22)8-5-15)28-20(24)9-6-16-10-18(26-2)12-19(11-16)27-3/h4-12,14H,13H2,1-3H3,(H,23,25)/b9-6+/t14-/m0/s1. The second kappa shape index (κ2) is 10.1. The zero-order valence-electron chi connectivity index (χ0n) is 15.9. The number of carbonyl (C=O) groups excluding carboxylic acids is 2. The first-order valence-corrected chi connectivity index (χ1v) is 8.55. The number of amides is 1. The van der Waals surface area contributed by atoms with E-state index >= 15 is 0 Å². The van der Waals surface area contributed by atoms with Crippen molar-refractivity contribution in [3.05, 3.63) is 65.5 Å². The Hall–Kier alpha value is -3.35. The summed E-state index contributed by atoms with van der Waals surface area (Å²) in [5.74, 6) is -0.292. The Morgan fingerprint density at radius 2 is 1.68 bits per heavy atom.